The van der Waals surface area contributed by atoms with Crippen LogP contribution in [0.1, 0.15) is 6.92 Å². The standard InChI is InChI=1S/C14H16F3N5O2/c1-4-23-13-20-11(19-12(21-13)22(2)3)18-9-5-7-10(8-6-9)24-14(15,16)17/h5-8H,4H2,1-3H3,(H,18,19,20,21). The molecule has 0 radical (unpaired) electrons. The summed E-state index contributed by atoms with van der Waals surface area (Å²) in [5, 5.41) is 2.88. The number of anilines is 3. The van der Waals surface area contributed by atoms with E-state index in [0.29, 0.717) is 18.2 Å². The van der Waals surface area contributed by atoms with Crippen molar-refractivity contribution in [3.05, 3.63) is 24.3 Å². The van der Waals surface area contributed by atoms with Crippen molar-refractivity contribution in [2.45, 2.75) is 13.3 Å². The molecule has 0 aliphatic rings. The van der Waals surface area contributed by atoms with Crippen molar-refractivity contribution in [2.24, 2.45) is 0 Å². The van der Waals surface area contributed by atoms with Gasteiger partial charge in [0.25, 0.3) is 0 Å². The predicted molar refractivity (Wildman–Crippen MR) is 81.7 cm³/mol. The van der Waals surface area contributed by atoms with Crippen LogP contribution < -0.4 is 19.7 Å². The molecule has 1 N–H and O–H groups in total. The van der Waals surface area contributed by atoms with E-state index < -0.39 is 6.36 Å². The summed E-state index contributed by atoms with van der Waals surface area (Å²) >= 11 is 0. The fourth-order valence-corrected chi connectivity index (χ4v) is 1.66. The Bertz CT molecular complexity index is 677. The minimum absolute atomic E-state index is 0.149. The maximum absolute atomic E-state index is 12.1. The highest BCUT2D eigenvalue weighted by molar-refractivity contribution is 5.55. The molecule has 1 aromatic heterocycles. The molecule has 24 heavy (non-hydrogen) atoms. The minimum atomic E-state index is -4.73. The van der Waals surface area contributed by atoms with Gasteiger partial charge in [0.05, 0.1) is 6.61 Å². The summed E-state index contributed by atoms with van der Waals surface area (Å²) < 4.78 is 45.5. The molecule has 0 saturated carbocycles. The second-order valence-corrected chi connectivity index (χ2v) is 4.77. The Morgan fingerprint density at radius 2 is 1.75 bits per heavy atom. The summed E-state index contributed by atoms with van der Waals surface area (Å²) in [6, 6.07) is 5.36. The molecule has 10 heteroatoms. The van der Waals surface area contributed by atoms with Gasteiger partial charge in [0.1, 0.15) is 5.75 Å². The van der Waals surface area contributed by atoms with Crippen molar-refractivity contribution in [1.29, 1.82) is 0 Å². The average Bonchev–Trinajstić information content (AvgIpc) is 2.48. The molecule has 2 rings (SSSR count). The molecular weight excluding hydrogens is 327 g/mol. The fourth-order valence-electron chi connectivity index (χ4n) is 1.66. The highest BCUT2D eigenvalue weighted by atomic mass is 19.4. The molecule has 0 aliphatic heterocycles. The van der Waals surface area contributed by atoms with Crippen LogP contribution in [0.5, 0.6) is 11.8 Å². The number of benzene rings is 1. The zero-order chi connectivity index (χ0) is 17.7. The van der Waals surface area contributed by atoms with E-state index in [9.17, 15) is 13.2 Å². The largest absolute Gasteiger partial charge is 0.573 e. The maximum atomic E-state index is 12.1. The smallest absolute Gasteiger partial charge is 0.464 e. The molecule has 0 spiro atoms. The van der Waals surface area contributed by atoms with Gasteiger partial charge in [-0.2, -0.15) is 15.0 Å². The lowest BCUT2D eigenvalue weighted by Gasteiger charge is -2.13. The molecule has 130 valence electrons. The lowest BCUT2D eigenvalue weighted by molar-refractivity contribution is -0.274. The van der Waals surface area contributed by atoms with E-state index in [1.807, 2.05) is 0 Å². The van der Waals surface area contributed by atoms with Gasteiger partial charge in [0.2, 0.25) is 11.9 Å². The summed E-state index contributed by atoms with van der Waals surface area (Å²) in [5.41, 5.74) is 0.489. The number of hydrogen-bond acceptors (Lipinski definition) is 7. The predicted octanol–water partition coefficient (Wildman–Crippen LogP) is 2.98. The minimum Gasteiger partial charge on any atom is -0.464 e. The van der Waals surface area contributed by atoms with Crippen molar-refractivity contribution in [1.82, 2.24) is 15.0 Å². The SMILES string of the molecule is CCOc1nc(Nc2ccc(OC(F)(F)F)cc2)nc(N(C)C)n1. The van der Waals surface area contributed by atoms with Crippen LogP contribution in [0.25, 0.3) is 0 Å². The summed E-state index contributed by atoms with van der Waals surface area (Å²) in [5.74, 6) is 0.280. The van der Waals surface area contributed by atoms with Crippen LogP contribution in [-0.2, 0) is 0 Å². The van der Waals surface area contributed by atoms with Crippen LogP contribution in [0.2, 0.25) is 0 Å². The fraction of sp³-hybridized carbons (Fsp3) is 0.357. The molecule has 0 unspecified atom stereocenters. The Labute approximate surface area is 136 Å². The Hall–Kier alpha value is -2.78. The number of rotatable bonds is 6. The van der Waals surface area contributed by atoms with Gasteiger partial charge >= 0.3 is 12.4 Å². The molecule has 0 atom stereocenters. The topological polar surface area (TPSA) is 72.4 Å². The van der Waals surface area contributed by atoms with Gasteiger partial charge in [-0.25, -0.2) is 0 Å². The number of halogens is 3. The first-order chi connectivity index (χ1) is 11.3. The zero-order valence-electron chi connectivity index (χ0n) is 13.3. The highest BCUT2D eigenvalue weighted by Crippen LogP contribution is 2.25. The first-order valence-electron chi connectivity index (χ1n) is 6.96. The van der Waals surface area contributed by atoms with Crippen LogP contribution in [0.3, 0.4) is 0 Å². The Morgan fingerprint density at radius 3 is 2.29 bits per heavy atom. The van der Waals surface area contributed by atoms with Crippen LogP contribution >= 0.6 is 0 Å². The average molecular weight is 343 g/mol. The number of nitrogens with zero attached hydrogens (tertiary/aromatic N) is 4. The van der Waals surface area contributed by atoms with Gasteiger partial charge < -0.3 is 19.7 Å². The van der Waals surface area contributed by atoms with Gasteiger partial charge in [0, 0.05) is 19.8 Å². The third-order valence-corrected chi connectivity index (χ3v) is 2.62. The summed E-state index contributed by atoms with van der Waals surface area (Å²) in [6.45, 7) is 2.19. The monoisotopic (exact) mass is 343 g/mol. The van der Waals surface area contributed by atoms with Crippen molar-refractivity contribution in [2.75, 3.05) is 30.9 Å². The number of hydrogen-bond donors (Lipinski definition) is 1. The summed E-state index contributed by atoms with van der Waals surface area (Å²) in [7, 11) is 3.52. The van der Waals surface area contributed by atoms with Crippen LogP contribution in [0.4, 0.5) is 30.8 Å². The molecule has 0 bridgehead atoms. The van der Waals surface area contributed by atoms with E-state index in [2.05, 4.69) is 25.0 Å². The van der Waals surface area contributed by atoms with Crippen LogP contribution in [-0.4, -0.2) is 42.0 Å². The first kappa shape index (κ1) is 17.6. The molecular formula is C14H16F3N5O2. The van der Waals surface area contributed by atoms with E-state index in [1.165, 1.54) is 24.3 Å². The normalized spacial score (nSPS) is 11.1. The summed E-state index contributed by atoms with van der Waals surface area (Å²) in [6.07, 6.45) is -4.73. The zero-order valence-corrected chi connectivity index (χ0v) is 13.3. The molecule has 0 aliphatic carbocycles. The molecule has 1 heterocycles. The second kappa shape index (κ2) is 7.20. The van der Waals surface area contributed by atoms with Gasteiger partial charge in [-0.3, -0.25) is 0 Å². The number of aromatic nitrogens is 3. The lowest BCUT2D eigenvalue weighted by atomic mass is 10.3. The quantitative estimate of drug-likeness (QED) is 0.864. The van der Waals surface area contributed by atoms with Gasteiger partial charge in [0.15, 0.2) is 0 Å². The summed E-state index contributed by atoms with van der Waals surface area (Å²) in [4.78, 5) is 14.1. The Kier molecular flexibility index (Phi) is 5.27. The molecule has 7 nitrogen and oxygen atoms in total. The second-order valence-electron chi connectivity index (χ2n) is 4.77. The van der Waals surface area contributed by atoms with Crippen LogP contribution in [0, 0.1) is 0 Å². The Morgan fingerprint density at radius 1 is 1.08 bits per heavy atom. The van der Waals surface area contributed by atoms with Crippen molar-refractivity contribution < 1.29 is 22.6 Å². The van der Waals surface area contributed by atoms with E-state index in [1.54, 1.807) is 25.9 Å². The number of ether oxygens (including phenoxy) is 2. The first-order valence-corrected chi connectivity index (χ1v) is 6.96. The van der Waals surface area contributed by atoms with Crippen molar-refractivity contribution in [3.8, 4) is 11.8 Å². The van der Waals surface area contributed by atoms with E-state index in [-0.39, 0.29) is 17.7 Å². The number of alkyl halides is 3. The Balaban J connectivity index is 2.17. The van der Waals surface area contributed by atoms with Gasteiger partial charge in [-0.1, -0.05) is 0 Å². The highest BCUT2D eigenvalue weighted by Gasteiger charge is 2.30. The molecule has 2 aromatic rings. The maximum Gasteiger partial charge on any atom is 0.573 e. The molecule has 0 amide bonds. The van der Waals surface area contributed by atoms with Crippen molar-refractivity contribution in [3.63, 3.8) is 0 Å². The lowest BCUT2D eigenvalue weighted by Crippen LogP contribution is -2.17. The molecule has 1 aromatic carbocycles. The molecule has 0 fully saturated rings. The van der Waals surface area contributed by atoms with Gasteiger partial charge in [-0.05, 0) is 31.2 Å². The molecule has 0 saturated heterocycles. The number of nitrogens with one attached hydrogen (secondary N) is 1. The van der Waals surface area contributed by atoms with Crippen LogP contribution in [0.15, 0.2) is 24.3 Å². The third kappa shape index (κ3) is 5.14. The van der Waals surface area contributed by atoms with Crippen molar-refractivity contribution >= 4 is 17.6 Å². The van der Waals surface area contributed by atoms with E-state index >= 15 is 0 Å². The third-order valence-electron chi connectivity index (χ3n) is 2.62. The van der Waals surface area contributed by atoms with Gasteiger partial charge in [-0.15, -0.1) is 13.2 Å². The van der Waals surface area contributed by atoms with E-state index in [0.717, 1.165) is 0 Å². The van der Waals surface area contributed by atoms with E-state index in [4.69, 9.17) is 4.74 Å².